The van der Waals surface area contributed by atoms with Crippen LogP contribution < -0.4 is 16.4 Å². The Morgan fingerprint density at radius 3 is 2.84 bits per heavy atom. The van der Waals surface area contributed by atoms with Crippen molar-refractivity contribution in [2.45, 2.75) is 37.4 Å². The van der Waals surface area contributed by atoms with Crippen LogP contribution in [0, 0.1) is 12.8 Å². The SMILES string of the molecule is Cc1ccccc1Nc1nnc(SCC(=O)Nc2sc3c(c2C(N)=O)CC[C@@H](C)C3)s1. The molecule has 0 aliphatic heterocycles. The third-order valence-corrected chi connectivity index (χ3v) is 8.27. The number of aromatic nitrogens is 2. The van der Waals surface area contributed by atoms with Crippen molar-refractivity contribution in [3.8, 4) is 0 Å². The van der Waals surface area contributed by atoms with Crippen LogP contribution in [0.5, 0.6) is 0 Å². The molecule has 0 saturated heterocycles. The summed E-state index contributed by atoms with van der Waals surface area (Å²) >= 11 is 4.18. The average molecular weight is 474 g/mol. The summed E-state index contributed by atoms with van der Waals surface area (Å²) in [6, 6.07) is 7.94. The summed E-state index contributed by atoms with van der Waals surface area (Å²) < 4.78 is 0.695. The van der Waals surface area contributed by atoms with E-state index in [-0.39, 0.29) is 11.7 Å². The molecule has 7 nitrogen and oxygen atoms in total. The summed E-state index contributed by atoms with van der Waals surface area (Å²) in [5, 5.41) is 15.7. The largest absolute Gasteiger partial charge is 0.365 e. The van der Waals surface area contributed by atoms with E-state index in [9.17, 15) is 9.59 Å². The van der Waals surface area contributed by atoms with Crippen LogP contribution in [0.25, 0.3) is 0 Å². The fourth-order valence-electron chi connectivity index (χ4n) is 3.54. The van der Waals surface area contributed by atoms with E-state index in [2.05, 4.69) is 27.8 Å². The Hall–Kier alpha value is -2.43. The maximum Gasteiger partial charge on any atom is 0.251 e. The Labute approximate surface area is 192 Å². The van der Waals surface area contributed by atoms with Crippen LogP contribution in [0.3, 0.4) is 0 Å². The van der Waals surface area contributed by atoms with Gasteiger partial charge >= 0.3 is 0 Å². The summed E-state index contributed by atoms with van der Waals surface area (Å²) in [5.74, 6) is 0.0792. The molecule has 4 rings (SSSR count). The summed E-state index contributed by atoms with van der Waals surface area (Å²) in [4.78, 5) is 25.7. The second-order valence-corrected chi connectivity index (χ2v) is 10.9. The lowest BCUT2D eigenvalue weighted by Gasteiger charge is -2.18. The van der Waals surface area contributed by atoms with Gasteiger partial charge in [0.15, 0.2) is 4.34 Å². The standard InChI is InChI=1S/C21H23N5O2S3/c1-11-7-8-13-15(9-11)30-19(17(13)18(22)28)24-16(27)10-29-21-26-25-20(31-21)23-14-6-4-3-5-12(14)2/h3-6,11H,7-10H2,1-2H3,(H2,22,28)(H,23,25)(H,24,27)/t11-/m1/s1. The molecule has 0 unspecified atom stereocenters. The maximum atomic E-state index is 12.5. The van der Waals surface area contributed by atoms with E-state index >= 15 is 0 Å². The highest BCUT2D eigenvalue weighted by Crippen LogP contribution is 2.39. The number of hydrogen-bond donors (Lipinski definition) is 3. The summed E-state index contributed by atoms with van der Waals surface area (Å²) in [6.45, 7) is 4.22. The summed E-state index contributed by atoms with van der Waals surface area (Å²) in [5.41, 5.74) is 9.20. The Balaban J connectivity index is 1.38. The normalized spacial score (nSPS) is 15.4. The molecule has 0 fully saturated rings. The Morgan fingerprint density at radius 1 is 1.26 bits per heavy atom. The Morgan fingerprint density at radius 2 is 2.06 bits per heavy atom. The van der Waals surface area contributed by atoms with Crippen LogP contribution in [-0.2, 0) is 17.6 Å². The van der Waals surface area contributed by atoms with Gasteiger partial charge in [0.05, 0.1) is 11.3 Å². The number of anilines is 3. The lowest BCUT2D eigenvalue weighted by atomic mass is 9.88. The lowest BCUT2D eigenvalue weighted by Crippen LogP contribution is -2.20. The first-order chi connectivity index (χ1) is 14.9. The molecule has 10 heteroatoms. The predicted octanol–water partition coefficient (Wildman–Crippen LogP) is 4.61. The number of fused-ring (bicyclic) bond motifs is 1. The summed E-state index contributed by atoms with van der Waals surface area (Å²) in [6.07, 6.45) is 2.78. The quantitative estimate of drug-likeness (QED) is 0.432. The van der Waals surface area contributed by atoms with Crippen molar-refractivity contribution >= 4 is 62.1 Å². The van der Waals surface area contributed by atoms with Gasteiger partial charge < -0.3 is 16.4 Å². The number of nitrogens with zero attached hydrogens (tertiary/aromatic N) is 2. The third kappa shape index (κ3) is 5.08. The highest BCUT2D eigenvalue weighted by atomic mass is 32.2. The van der Waals surface area contributed by atoms with Crippen molar-refractivity contribution in [2.24, 2.45) is 11.7 Å². The minimum absolute atomic E-state index is 0.177. The predicted molar refractivity (Wildman–Crippen MR) is 128 cm³/mol. The number of nitrogens with one attached hydrogen (secondary N) is 2. The van der Waals surface area contributed by atoms with Gasteiger partial charge in [0.1, 0.15) is 5.00 Å². The van der Waals surface area contributed by atoms with Crippen LogP contribution in [0.15, 0.2) is 28.6 Å². The fraction of sp³-hybridized carbons (Fsp3) is 0.333. The lowest BCUT2D eigenvalue weighted by molar-refractivity contribution is -0.113. The van der Waals surface area contributed by atoms with Gasteiger partial charge in [-0.25, -0.2) is 0 Å². The Bertz CT molecular complexity index is 1120. The second kappa shape index (κ2) is 9.37. The molecule has 4 N–H and O–H groups in total. The van der Waals surface area contributed by atoms with E-state index in [1.165, 1.54) is 34.4 Å². The number of rotatable bonds is 7. The number of thiophene rings is 1. The van der Waals surface area contributed by atoms with Crippen LogP contribution in [0.4, 0.5) is 15.8 Å². The monoisotopic (exact) mass is 473 g/mol. The number of carbonyl (C=O) groups excluding carboxylic acids is 2. The van der Waals surface area contributed by atoms with E-state index in [4.69, 9.17) is 5.73 Å². The van der Waals surface area contributed by atoms with Crippen LogP contribution in [0.1, 0.15) is 39.7 Å². The first-order valence-corrected chi connectivity index (χ1v) is 12.6. The minimum Gasteiger partial charge on any atom is -0.365 e. The number of hydrogen-bond acceptors (Lipinski definition) is 8. The molecule has 2 aromatic heterocycles. The van der Waals surface area contributed by atoms with Gasteiger partial charge in [-0.1, -0.05) is 48.2 Å². The number of thioether (sulfide) groups is 1. The average Bonchev–Trinajstić information content (AvgIpc) is 3.31. The van der Waals surface area contributed by atoms with Crippen molar-refractivity contribution in [1.29, 1.82) is 0 Å². The molecule has 0 radical (unpaired) electrons. The van der Waals surface area contributed by atoms with Crippen molar-refractivity contribution in [2.75, 3.05) is 16.4 Å². The van der Waals surface area contributed by atoms with Gasteiger partial charge in [-0.05, 0) is 49.3 Å². The van der Waals surface area contributed by atoms with Gasteiger partial charge in [0, 0.05) is 10.6 Å². The topological polar surface area (TPSA) is 110 Å². The molecule has 3 aromatic rings. The molecule has 1 atom stereocenters. The van der Waals surface area contributed by atoms with Crippen molar-refractivity contribution in [3.63, 3.8) is 0 Å². The highest BCUT2D eigenvalue weighted by molar-refractivity contribution is 8.01. The molecule has 0 spiro atoms. The fourth-order valence-corrected chi connectivity index (χ4v) is 6.53. The van der Waals surface area contributed by atoms with E-state index < -0.39 is 5.91 Å². The zero-order chi connectivity index (χ0) is 22.0. The molecule has 31 heavy (non-hydrogen) atoms. The molecule has 2 heterocycles. The van der Waals surface area contributed by atoms with E-state index in [0.717, 1.165) is 41.0 Å². The van der Waals surface area contributed by atoms with Gasteiger partial charge in [-0.3, -0.25) is 9.59 Å². The first kappa shape index (κ1) is 21.8. The van der Waals surface area contributed by atoms with Crippen LogP contribution in [-0.4, -0.2) is 27.8 Å². The van der Waals surface area contributed by atoms with Gasteiger partial charge in [-0.2, -0.15) is 0 Å². The number of carbonyl (C=O) groups is 2. The summed E-state index contributed by atoms with van der Waals surface area (Å²) in [7, 11) is 0. The molecule has 0 bridgehead atoms. The van der Waals surface area contributed by atoms with E-state index in [1.807, 2.05) is 31.2 Å². The third-order valence-electron chi connectivity index (χ3n) is 5.13. The number of amides is 2. The molecule has 162 valence electrons. The van der Waals surface area contributed by atoms with Gasteiger partial charge in [-0.15, -0.1) is 21.5 Å². The number of para-hydroxylation sites is 1. The number of nitrogens with two attached hydrogens (primary N) is 1. The zero-order valence-corrected chi connectivity index (χ0v) is 19.7. The number of primary amides is 1. The molecule has 2 amide bonds. The molecule has 1 aromatic carbocycles. The van der Waals surface area contributed by atoms with Crippen molar-refractivity contribution in [3.05, 3.63) is 45.8 Å². The number of aryl methyl sites for hydroxylation is 1. The maximum absolute atomic E-state index is 12.5. The smallest absolute Gasteiger partial charge is 0.251 e. The van der Waals surface area contributed by atoms with Crippen molar-refractivity contribution in [1.82, 2.24) is 10.2 Å². The molecular formula is C21H23N5O2S3. The first-order valence-electron chi connectivity index (χ1n) is 9.94. The minimum atomic E-state index is -0.481. The van der Waals surface area contributed by atoms with Crippen LogP contribution >= 0.6 is 34.4 Å². The molecular weight excluding hydrogens is 450 g/mol. The Kier molecular flexibility index (Phi) is 6.59. The second-order valence-electron chi connectivity index (χ2n) is 7.57. The number of benzene rings is 1. The highest BCUT2D eigenvalue weighted by Gasteiger charge is 2.27. The molecule has 1 aliphatic carbocycles. The van der Waals surface area contributed by atoms with Gasteiger partial charge in [0.2, 0.25) is 11.0 Å². The van der Waals surface area contributed by atoms with Crippen LogP contribution in [0.2, 0.25) is 0 Å². The molecule has 0 saturated carbocycles. The van der Waals surface area contributed by atoms with E-state index in [0.29, 0.717) is 26.0 Å². The van der Waals surface area contributed by atoms with Gasteiger partial charge in [0.25, 0.3) is 5.91 Å². The van der Waals surface area contributed by atoms with Crippen molar-refractivity contribution < 1.29 is 9.59 Å². The molecule has 1 aliphatic rings. The van der Waals surface area contributed by atoms with E-state index in [1.54, 1.807) is 0 Å². The zero-order valence-electron chi connectivity index (χ0n) is 17.2.